The molecule has 2 aromatic carbocycles. The average molecular weight is 467 g/mol. The third kappa shape index (κ3) is 4.68. The minimum atomic E-state index is -3.52. The number of rotatable bonds is 6. The Labute approximate surface area is 194 Å². The molecule has 5 rings (SSSR count). The lowest BCUT2D eigenvalue weighted by Crippen LogP contribution is -2.43. The molecule has 7 nitrogen and oxygen atoms in total. The highest BCUT2D eigenvalue weighted by atomic mass is 32.2. The molecule has 3 aromatic rings. The average Bonchev–Trinajstić information content (AvgIpc) is 3.26. The van der Waals surface area contributed by atoms with E-state index < -0.39 is 10.0 Å². The summed E-state index contributed by atoms with van der Waals surface area (Å²) >= 11 is 0. The van der Waals surface area contributed by atoms with Crippen LogP contribution < -0.4 is 5.32 Å². The van der Waals surface area contributed by atoms with Crippen molar-refractivity contribution in [3.63, 3.8) is 0 Å². The predicted octanol–water partition coefficient (Wildman–Crippen LogP) is 3.20. The largest absolute Gasteiger partial charge is 0.355 e. The molecule has 2 N–H and O–H groups in total. The minimum absolute atomic E-state index is 0.00283. The molecule has 1 saturated heterocycles. The van der Waals surface area contributed by atoms with Gasteiger partial charge in [-0.3, -0.25) is 4.79 Å². The summed E-state index contributed by atoms with van der Waals surface area (Å²) in [4.78, 5) is 20.8. The third-order valence-electron chi connectivity index (χ3n) is 6.88. The highest BCUT2D eigenvalue weighted by Gasteiger charge is 2.32. The SMILES string of the molecule is O=C(NCCc1nc2ccccc2[nH]1)C1CCN(S(=O)(=O)c2ccc3c(c2)CCCC3)CC1. The van der Waals surface area contributed by atoms with Crippen molar-refractivity contribution in [2.45, 2.75) is 49.8 Å². The van der Waals surface area contributed by atoms with E-state index in [0.717, 1.165) is 36.1 Å². The Balaban J connectivity index is 1.13. The van der Waals surface area contributed by atoms with Gasteiger partial charge in [0.2, 0.25) is 15.9 Å². The van der Waals surface area contributed by atoms with Crippen LogP contribution in [-0.2, 0) is 34.1 Å². The number of nitrogens with zero attached hydrogens (tertiary/aromatic N) is 2. The van der Waals surface area contributed by atoms with Gasteiger partial charge in [0.05, 0.1) is 15.9 Å². The summed E-state index contributed by atoms with van der Waals surface area (Å²) in [7, 11) is -3.52. The fraction of sp³-hybridized carbons (Fsp3) is 0.440. The highest BCUT2D eigenvalue weighted by Crippen LogP contribution is 2.28. The summed E-state index contributed by atoms with van der Waals surface area (Å²) in [6.45, 7) is 1.26. The van der Waals surface area contributed by atoms with Gasteiger partial charge in [-0.1, -0.05) is 18.2 Å². The van der Waals surface area contributed by atoms with E-state index >= 15 is 0 Å². The Morgan fingerprint density at radius 3 is 2.61 bits per heavy atom. The van der Waals surface area contributed by atoms with E-state index in [0.29, 0.717) is 43.8 Å². The summed E-state index contributed by atoms with van der Waals surface area (Å²) < 4.78 is 27.9. The van der Waals surface area contributed by atoms with Crippen LogP contribution >= 0.6 is 0 Å². The predicted molar refractivity (Wildman–Crippen MR) is 127 cm³/mol. The molecule has 0 saturated carbocycles. The lowest BCUT2D eigenvalue weighted by molar-refractivity contribution is -0.126. The van der Waals surface area contributed by atoms with E-state index in [1.807, 2.05) is 36.4 Å². The minimum Gasteiger partial charge on any atom is -0.355 e. The zero-order valence-corrected chi connectivity index (χ0v) is 19.5. The normalized spacial score (nSPS) is 17.7. The maximum atomic E-state index is 13.2. The van der Waals surface area contributed by atoms with Crippen molar-refractivity contribution in [2.75, 3.05) is 19.6 Å². The van der Waals surface area contributed by atoms with Gasteiger partial charge < -0.3 is 10.3 Å². The highest BCUT2D eigenvalue weighted by molar-refractivity contribution is 7.89. The number of benzene rings is 2. The van der Waals surface area contributed by atoms with Crippen molar-refractivity contribution in [1.29, 1.82) is 0 Å². The number of imidazole rings is 1. The van der Waals surface area contributed by atoms with E-state index in [1.54, 1.807) is 6.07 Å². The van der Waals surface area contributed by atoms with Gasteiger partial charge in [-0.15, -0.1) is 0 Å². The van der Waals surface area contributed by atoms with Gasteiger partial charge in [-0.05, 0) is 73.9 Å². The van der Waals surface area contributed by atoms with Crippen molar-refractivity contribution in [3.8, 4) is 0 Å². The molecule has 0 bridgehead atoms. The number of carbonyl (C=O) groups is 1. The number of nitrogens with one attached hydrogen (secondary N) is 2. The van der Waals surface area contributed by atoms with Crippen molar-refractivity contribution in [1.82, 2.24) is 19.6 Å². The van der Waals surface area contributed by atoms with Crippen LogP contribution in [0.3, 0.4) is 0 Å². The number of carbonyl (C=O) groups excluding carboxylic acids is 1. The summed E-state index contributed by atoms with van der Waals surface area (Å²) in [6, 6.07) is 13.4. The van der Waals surface area contributed by atoms with Crippen LogP contribution in [0, 0.1) is 5.92 Å². The molecule has 0 radical (unpaired) electrons. The molecule has 1 amide bonds. The number of aryl methyl sites for hydroxylation is 2. The molecule has 1 fully saturated rings. The van der Waals surface area contributed by atoms with Crippen LogP contribution in [-0.4, -0.2) is 48.2 Å². The Morgan fingerprint density at radius 1 is 1.06 bits per heavy atom. The topological polar surface area (TPSA) is 95.2 Å². The lowest BCUT2D eigenvalue weighted by Gasteiger charge is -2.31. The molecule has 8 heteroatoms. The number of hydrogen-bond donors (Lipinski definition) is 2. The number of amides is 1. The second-order valence-corrected chi connectivity index (χ2v) is 11.0. The molecule has 2 aliphatic rings. The van der Waals surface area contributed by atoms with Gasteiger partial charge in [0, 0.05) is 32.0 Å². The Morgan fingerprint density at radius 2 is 1.82 bits per heavy atom. The monoisotopic (exact) mass is 466 g/mol. The van der Waals surface area contributed by atoms with Crippen LogP contribution in [0.4, 0.5) is 0 Å². The molecular formula is C25H30N4O3S. The maximum absolute atomic E-state index is 13.2. The van der Waals surface area contributed by atoms with Gasteiger partial charge in [-0.2, -0.15) is 4.31 Å². The standard InChI is InChI=1S/C25H30N4O3S/c30-25(26-14-11-24-27-22-7-3-4-8-23(22)28-24)19-12-15-29(16-13-19)33(31,32)21-10-9-18-5-1-2-6-20(18)17-21/h3-4,7-10,17,19H,1-2,5-6,11-16H2,(H,26,30)(H,27,28). The van der Waals surface area contributed by atoms with E-state index in [4.69, 9.17) is 0 Å². The van der Waals surface area contributed by atoms with Crippen LogP contribution in [0.25, 0.3) is 11.0 Å². The molecule has 0 unspecified atom stereocenters. The Hall–Kier alpha value is -2.71. The first-order chi connectivity index (χ1) is 16.0. The summed E-state index contributed by atoms with van der Waals surface area (Å²) in [5, 5.41) is 3.00. The molecule has 0 atom stereocenters. The number of para-hydroxylation sites is 2. The number of hydrogen-bond acceptors (Lipinski definition) is 4. The molecule has 1 aromatic heterocycles. The zero-order chi connectivity index (χ0) is 22.8. The maximum Gasteiger partial charge on any atom is 0.243 e. The van der Waals surface area contributed by atoms with Gasteiger partial charge in [-0.25, -0.2) is 13.4 Å². The fourth-order valence-electron chi connectivity index (χ4n) is 4.95. The Bertz CT molecular complexity index is 1230. The second-order valence-electron chi connectivity index (χ2n) is 9.06. The van der Waals surface area contributed by atoms with Crippen molar-refractivity contribution in [3.05, 3.63) is 59.4 Å². The zero-order valence-electron chi connectivity index (χ0n) is 18.7. The van der Waals surface area contributed by atoms with E-state index in [2.05, 4.69) is 15.3 Å². The van der Waals surface area contributed by atoms with Crippen LogP contribution in [0.1, 0.15) is 42.6 Å². The van der Waals surface area contributed by atoms with Crippen LogP contribution in [0.15, 0.2) is 47.4 Å². The van der Waals surface area contributed by atoms with Crippen molar-refractivity contribution in [2.24, 2.45) is 5.92 Å². The second kappa shape index (κ2) is 9.27. The lowest BCUT2D eigenvalue weighted by atomic mass is 9.92. The van der Waals surface area contributed by atoms with Gasteiger partial charge in [0.25, 0.3) is 0 Å². The Kier molecular flexibility index (Phi) is 6.21. The first-order valence-electron chi connectivity index (χ1n) is 11.8. The van der Waals surface area contributed by atoms with E-state index in [-0.39, 0.29) is 11.8 Å². The smallest absolute Gasteiger partial charge is 0.243 e. The van der Waals surface area contributed by atoms with Crippen molar-refractivity contribution < 1.29 is 13.2 Å². The van der Waals surface area contributed by atoms with Crippen LogP contribution in [0.2, 0.25) is 0 Å². The number of aromatic nitrogens is 2. The molecule has 174 valence electrons. The van der Waals surface area contributed by atoms with Crippen LogP contribution in [0.5, 0.6) is 0 Å². The number of aromatic amines is 1. The fourth-order valence-corrected chi connectivity index (χ4v) is 6.47. The summed E-state index contributed by atoms with van der Waals surface area (Å²) in [5.74, 6) is 0.690. The molecule has 2 heterocycles. The summed E-state index contributed by atoms with van der Waals surface area (Å²) in [5.41, 5.74) is 4.36. The molecule has 1 aliphatic carbocycles. The molecular weight excluding hydrogens is 436 g/mol. The molecule has 1 aliphatic heterocycles. The molecule has 33 heavy (non-hydrogen) atoms. The molecule has 0 spiro atoms. The first-order valence-corrected chi connectivity index (χ1v) is 13.3. The van der Waals surface area contributed by atoms with E-state index in [1.165, 1.54) is 21.9 Å². The number of sulfonamides is 1. The first kappa shape index (κ1) is 22.1. The number of piperidine rings is 1. The quantitative estimate of drug-likeness (QED) is 0.583. The van der Waals surface area contributed by atoms with Gasteiger partial charge >= 0.3 is 0 Å². The van der Waals surface area contributed by atoms with E-state index in [9.17, 15) is 13.2 Å². The van der Waals surface area contributed by atoms with Gasteiger partial charge in [0.15, 0.2) is 0 Å². The number of H-pyrrole nitrogens is 1. The third-order valence-corrected chi connectivity index (χ3v) is 8.78. The number of fused-ring (bicyclic) bond motifs is 2. The van der Waals surface area contributed by atoms with Crippen molar-refractivity contribution >= 4 is 27.0 Å². The summed E-state index contributed by atoms with van der Waals surface area (Å²) in [6.07, 6.45) is 6.00. The van der Waals surface area contributed by atoms with Gasteiger partial charge in [0.1, 0.15) is 5.82 Å².